The van der Waals surface area contributed by atoms with E-state index < -0.39 is 0 Å². The number of hydrogen-bond donors (Lipinski definition) is 1. The first-order valence-corrected chi connectivity index (χ1v) is 3.95. The molecule has 1 aliphatic rings. The molecule has 2 N–H and O–H groups in total. The molecular weight excluding hydrogens is 136 g/mol. The first-order valence-electron chi connectivity index (χ1n) is 3.95. The van der Waals surface area contributed by atoms with Crippen molar-refractivity contribution in [1.29, 1.82) is 0 Å². The van der Waals surface area contributed by atoms with Crippen molar-refractivity contribution < 1.29 is 0 Å². The SMILES string of the molecule is Cc1ccncc1C1CC1N. The average molecular weight is 148 g/mol. The van der Waals surface area contributed by atoms with E-state index in [0.29, 0.717) is 12.0 Å². The van der Waals surface area contributed by atoms with Crippen molar-refractivity contribution in [2.24, 2.45) is 5.73 Å². The first-order chi connectivity index (χ1) is 5.29. The van der Waals surface area contributed by atoms with Crippen molar-refractivity contribution in [1.82, 2.24) is 4.98 Å². The van der Waals surface area contributed by atoms with Crippen molar-refractivity contribution in [2.75, 3.05) is 0 Å². The first kappa shape index (κ1) is 6.80. The summed E-state index contributed by atoms with van der Waals surface area (Å²) in [5.41, 5.74) is 8.39. The van der Waals surface area contributed by atoms with Gasteiger partial charge in [0.05, 0.1) is 0 Å². The van der Waals surface area contributed by atoms with Gasteiger partial charge in [0.1, 0.15) is 0 Å². The lowest BCUT2D eigenvalue weighted by Crippen LogP contribution is -2.02. The van der Waals surface area contributed by atoms with Gasteiger partial charge in [0.2, 0.25) is 0 Å². The van der Waals surface area contributed by atoms with Crippen LogP contribution in [0.25, 0.3) is 0 Å². The second-order valence-electron chi connectivity index (χ2n) is 3.24. The van der Waals surface area contributed by atoms with E-state index in [1.165, 1.54) is 11.1 Å². The van der Waals surface area contributed by atoms with E-state index in [0.717, 1.165) is 6.42 Å². The number of hydrogen-bond acceptors (Lipinski definition) is 2. The second-order valence-corrected chi connectivity index (χ2v) is 3.24. The third-order valence-electron chi connectivity index (χ3n) is 2.32. The van der Waals surface area contributed by atoms with E-state index in [9.17, 15) is 0 Å². The zero-order chi connectivity index (χ0) is 7.84. The summed E-state index contributed by atoms with van der Waals surface area (Å²) < 4.78 is 0. The van der Waals surface area contributed by atoms with Crippen LogP contribution in [-0.4, -0.2) is 11.0 Å². The standard InChI is InChI=1S/C9H12N2/c1-6-2-3-11-5-8(6)7-4-9(7)10/h2-3,5,7,9H,4,10H2,1H3. The molecule has 11 heavy (non-hydrogen) atoms. The van der Waals surface area contributed by atoms with Gasteiger partial charge in [-0.05, 0) is 30.5 Å². The number of aromatic nitrogens is 1. The highest BCUT2D eigenvalue weighted by atomic mass is 14.8. The van der Waals surface area contributed by atoms with Gasteiger partial charge in [-0.25, -0.2) is 0 Å². The number of pyridine rings is 1. The van der Waals surface area contributed by atoms with Gasteiger partial charge in [0.15, 0.2) is 0 Å². The largest absolute Gasteiger partial charge is 0.327 e. The molecule has 2 nitrogen and oxygen atoms in total. The third kappa shape index (κ3) is 1.14. The van der Waals surface area contributed by atoms with E-state index >= 15 is 0 Å². The molecule has 1 heterocycles. The summed E-state index contributed by atoms with van der Waals surface area (Å²) in [4.78, 5) is 4.09. The monoisotopic (exact) mass is 148 g/mol. The molecule has 2 rings (SSSR count). The molecule has 0 aliphatic heterocycles. The van der Waals surface area contributed by atoms with Crippen LogP contribution >= 0.6 is 0 Å². The van der Waals surface area contributed by atoms with Gasteiger partial charge in [-0.1, -0.05) is 0 Å². The number of aryl methyl sites for hydroxylation is 1. The summed E-state index contributed by atoms with van der Waals surface area (Å²) >= 11 is 0. The van der Waals surface area contributed by atoms with Crippen LogP contribution in [0.1, 0.15) is 23.5 Å². The molecule has 1 aliphatic carbocycles. The second kappa shape index (κ2) is 2.31. The molecule has 2 atom stereocenters. The lowest BCUT2D eigenvalue weighted by Gasteiger charge is -2.00. The summed E-state index contributed by atoms with van der Waals surface area (Å²) in [6.45, 7) is 2.11. The van der Waals surface area contributed by atoms with Crippen molar-refractivity contribution in [3.8, 4) is 0 Å². The minimum atomic E-state index is 0.387. The summed E-state index contributed by atoms with van der Waals surface area (Å²) in [5, 5.41) is 0. The molecule has 0 bridgehead atoms. The van der Waals surface area contributed by atoms with Gasteiger partial charge in [0.25, 0.3) is 0 Å². The highest BCUT2D eigenvalue weighted by molar-refractivity contribution is 5.31. The summed E-state index contributed by atoms with van der Waals surface area (Å²) in [5.74, 6) is 0.587. The van der Waals surface area contributed by atoms with E-state index in [2.05, 4.69) is 11.9 Å². The van der Waals surface area contributed by atoms with Crippen LogP contribution in [0.5, 0.6) is 0 Å². The van der Waals surface area contributed by atoms with Gasteiger partial charge in [0, 0.05) is 24.4 Å². The molecule has 0 radical (unpaired) electrons. The summed E-state index contributed by atoms with van der Waals surface area (Å²) in [6.07, 6.45) is 4.89. The molecule has 1 aromatic heterocycles. The molecule has 1 aromatic rings. The smallest absolute Gasteiger partial charge is 0.0305 e. The molecule has 1 fully saturated rings. The normalized spacial score (nSPS) is 28.5. The van der Waals surface area contributed by atoms with Crippen LogP contribution in [0.3, 0.4) is 0 Å². The number of nitrogens with two attached hydrogens (primary N) is 1. The van der Waals surface area contributed by atoms with Crippen LogP contribution < -0.4 is 5.73 Å². The van der Waals surface area contributed by atoms with E-state index in [1.54, 1.807) is 0 Å². The minimum Gasteiger partial charge on any atom is -0.327 e. The fourth-order valence-corrected chi connectivity index (χ4v) is 1.44. The maximum Gasteiger partial charge on any atom is 0.0305 e. The Hall–Kier alpha value is -0.890. The lowest BCUT2D eigenvalue weighted by atomic mass is 10.1. The van der Waals surface area contributed by atoms with Crippen molar-refractivity contribution in [2.45, 2.75) is 25.3 Å². The third-order valence-corrected chi connectivity index (χ3v) is 2.32. The fourth-order valence-electron chi connectivity index (χ4n) is 1.44. The Balaban J connectivity index is 2.31. The zero-order valence-corrected chi connectivity index (χ0v) is 6.62. The predicted octanol–water partition coefficient (Wildman–Crippen LogP) is 1.20. The highest BCUT2D eigenvalue weighted by Gasteiger charge is 2.35. The Labute approximate surface area is 66.4 Å². The average Bonchev–Trinajstić information content (AvgIpc) is 2.68. The topological polar surface area (TPSA) is 38.9 Å². The van der Waals surface area contributed by atoms with Crippen LogP contribution in [-0.2, 0) is 0 Å². The van der Waals surface area contributed by atoms with Crippen LogP contribution in [0, 0.1) is 6.92 Å². The predicted molar refractivity (Wildman–Crippen MR) is 44.3 cm³/mol. The van der Waals surface area contributed by atoms with Gasteiger partial charge in [-0.15, -0.1) is 0 Å². The molecule has 0 spiro atoms. The Morgan fingerprint density at radius 2 is 2.36 bits per heavy atom. The number of nitrogens with zero attached hydrogens (tertiary/aromatic N) is 1. The van der Waals surface area contributed by atoms with E-state index in [-0.39, 0.29) is 0 Å². The van der Waals surface area contributed by atoms with Crippen molar-refractivity contribution in [3.63, 3.8) is 0 Å². The van der Waals surface area contributed by atoms with Gasteiger partial charge < -0.3 is 5.73 Å². The molecule has 58 valence electrons. The van der Waals surface area contributed by atoms with Crippen molar-refractivity contribution >= 4 is 0 Å². The molecule has 2 heteroatoms. The molecule has 0 amide bonds. The zero-order valence-electron chi connectivity index (χ0n) is 6.62. The highest BCUT2D eigenvalue weighted by Crippen LogP contribution is 2.39. The lowest BCUT2D eigenvalue weighted by molar-refractivity contribution is 0.968. The van der Waals surface area contributed by atoms with E-state index in [1.807, 2.05) is 18.5 Å². The number of rotatable bonds is 1. The Morgan fingerprint density at radius 1 is 1.64 bits per heavy atom. The minimum absolute atomic E-state index is 0.387. The Kier molecular flexibility index (Phi) is 1.43. The fraction of sp³-hybridized carbons (Fsp3) is 0.444. The van der Waals surface area contributed by atoms with E-state index in [4.69, 9.17) is 5.73 Å². The van der Waals surface area contributed by atoms with Crippen molar-refractivity contribution in [3.05, 3.63) is 29.6 Å². The summed E-state index contributed by atoms with van der Waals surface area (Å²) in [6, 6.07) is 2.43. The molecular formula is C9H12N2. The maximum atomic E-state index is 5.74. The molecule has 0 aromatic carbocycles. The maximum absolute atomic E-state index is 5.74. The van der Waals surface area contributed by atoms with Gasteiger partial charge in [-0.2, -0.15) is 0 Å². The molecule has 1 saturated carbocycles. The summed E-state index contributed by atoms with van der Waals surface area (Å²) in [7, 11) is 0. The molecule has 0 saturated heterocycles. The van der Waals surface area contributed by atoms with Crippen LogP contribution in [0.2, 0.25) is 0 Å². The Bertz CT molecular complexity index is 270. The van der Waals surface area contributed by atoms with Gasteiger partial charge >= 0.3 is 0 Å². The van der Waals surface area contributed by atoms with Gasteiger partial charge in [-0.3, -0.25) is 4.98 Å². The molecule has 2 unspecified atom stereocenters. The van der Waals surface area contributed by atoms with Crippen LogP contribution in [0.4, 0.5) is 0 Å². The Morgan fingerprint density at radius 3 is 2.91 bits per heavy atom. The quantitative estimate of drug-likeness (QED) is 0.650. The van der Waals surface area contributed by atoms with Crippen LogP contribution in [0.15, 0.2) is 18.5 Å².